The minimum absolute atomic E-state index is 0.107. The predicted molar refractivity (Wildman–Crippen MR) is 87.0 cm³/mol. The number of carbonyl (C=O) groups is 2. The summed E-state index contributed by atoms with van der Waals surface area (Å²) in [5.41, 5.74) is 0.810. The first-order valence-corrected chi connectivity index (χ1v) is 7.46. The first kappa shape index (κ1) is 17.2. The monoisotopic (exact) mass is 355 g/mol. The number of ether oxygens (including phenoxy) is 1. The van der Waals surface area contributed by atoms with Crippen LogP contribution in [0.3, 0.4) is 0 Å². The first-order valence-electron chi connectivity index (χ1n) is 6.27. The number of rotatable bonds is 3. The number of thioether (sulfide) groups is 1. The van der Waals surface area contributed by atoms with Crippen molar-refractivity contribution < 1.29 is 18.7 Å². The number of hydrogen-bond acceptors (Lipinski definition) is 6. The number of nitrogens with zero attached hydrogens (tertiary/aromatic N) is 2. The van der Waals surface area contributed by atoms with Gasteiger partial charge in [-0.2, -0.15) is 5.10 Å². The Hall–Kier alpha value is -2.19. The van der Waals surface area contributed by atoms with Gasteiger partial charge in [0.25, 0.3) is 5.91 Å². The van der Waals surface area contributed by atoms with Gasteiger partial charge in [0.2, 0.25) is 0 Å². The van der Waals surface area contributed by atoms with Crippen LogP contribution in [0.1, 0.15) is 11.1 Å². The van der Waals surface area contributed by atoms with E-state index in [4.69, 9.17) is 11.6 Å². The lowest BCUT2D eigenvalue weighted by Crippen LogP contribution is -2.19. The van der Waals surface area contributed by atoms with Gasteiger partial charge in [-0.1, -0.05) is 17.7 Å². The van der Waals surface area contributed by atoms with Crippen molar-refractivity contribution in [2.24, 2.45) is 10.2 Å². The molecule has 1 aromatic rings. The lowest BCUT2D eigenvalue weighted by atomic mass is 10.1. The predicted octanol–water partition coefficient (Wildman–Crippen LogP) is 2.40. The van der Waals surface area contributed by atoms with Gasteiger partial charge in [-0.25, -0.2) is 9.18 Å². The largest absolute Gasteiger partial charge is 0.466 e. The van der Waals surface area contributed by atoms with Crippen molar-refractivity contribution in [3.63, 3.8) is 0 Å². The third-order valence-electron chi connectivity index (χ3n) is 2.76. The summed E-state index contributed by atoms with van der Waals surface area (Å²) in [6.45, 7) is 1.74. The standard InChI is InChI=1S/C14H11ClFN3O3S/c1-7-3-4-9(16)8(12(7)15)6-17-19-14-18-13(21)10(23-14)5-11(20)22-2/h3-6H,1-2H3,(H,18,19,21)/b10-5+,17-6?. The number of benzene rings is 1. The van der Waals surface area contributed by atoms with Crippen molar-refractivity contribution >= 4 is 46.6 Å². The van der Waals surface area contributed by atoms with E-state index >= 15 is 0 Å². The number of aryl methyl sites for hydroxylation is 1. The molecule has 0 spiro atoms. The Bertz CT molecular complexity index is 762. The molecule has 2 rings (SSSR count). The zero-order valence-corrected chi connectivity index (χ0v) is 13.7. The highest BCUT2D eigenvalue weighted by molar-refractivity contribution is 8.18. The molecule has 0 unspecified atom stereocenters. The summed E-state index contributed by atoms with van der Waals surface area (Å²) in [5.74, 6) is -1.67. The smallest absolute Gasteiger partial charge is 0.331 e. The maximum Gasteiger partial charge on any atom is 0.331 e. The molecule has 1 aliphatic heterocycles. The molecule has 23 heavy (non-hydrogen) atoms. The molecule has 6 nitrogen and oxygen atoms in total. The third kappa shape index (κ3) is 4.17. The maximum atomic E-state index is 13.7. The number of nitrogens with one attached hydrogen (secondary N) is 1. The Balaban J connectivity index is 2.16. The summed E-state index contributed by atoms with van der Waals surface area (Å²) in [5, 5.41) is 10.3. The van der Waals surface area contributed by atoms with E-state index in [0.29, 0.717) is 5.56 Å². The normalized spacial score (nSPS) is 18.0. The summed E-state index contributed by atoms with van der Waals surface area (Å²) >= 11 is 6.92. The molecule has 1 amide bonds. The number of amides is 1. The van der Waals surface area contributed by atoms with Gasteiger partial charge in [-0.3, -0.25) is 10.1 Å². The molecule has 0 saturated carbocycles. The van der Waals surface area contributed by atoms with Gasteiger partial charge in [0.1, 0.15) is 5.82 Å². The molecule has 0 radical (unpaired) electrons. The van der Waals surface area contributed by atoms with Crippen LogP contribution < -0.4 is 5.32 Å². The van der Waals surface area contributed by atoms with Crippen LogP contribution in [0.15, 0.2) is 33.3 Å². The van der Waals surface area contributed by atoms with E-state index in [-0.39, 0.29) is 20.7 Å². The Morgan fingerprint density at radius 2 is 2.22 bits per heavy atom. The summed E-state index contributed by atoms with van der Waals surface area (Å²) in [4.78, 5) is 22.8. The van der Waals surface area contributed by atoms with E-state index in [1.165, 1.54) is 13.2 Å². The first-order chi connectivity index (χ1) is 10.9. The topological polar surface area (TPSA) is 80.1 Å². The molecule has 1 N–H and O–H groups in total. The summed E-state index contributed by atoms with van der Waals surface area (Å²) < 4.78 is 18.1. The fourth-order valence-corrected chi connectivity index (χ4v) is 2.52. The van der Waals surface area contributed by atoms with Crippen LogP contribution in [-0.4, -0.2) is 30.4 Å². The van der Waals surface area contributed by atoms with Gasteiger partial charge >= 0.3 is 5.97 Å². The van der Waals surface area contributed by atoms with Crippen molar-refractivity contribution in [2.75, 3.05) is 7.11 Å². The molecule has 1 heterocycles. The van der Waals surface area contributed by atoms with Crippen LogP contribution >= 0.6 is 23.4 Å². The Labute approximate surface area is 140 Å². The van der Waals surface area contributed by atoms with Gasteiger partial charge in [0.05, 0.1) is 23.3 Å². The average molecular weight is 356 g/mol. The summed E-state index contributed by atoms with van der Waals surface area (Å²) in [6.07, 6.45) is 2.20. The fourth-order valence-electron chi connectivity index (χ4n) is 1.58. The van der Waals surface area contributed by atoms with Gasteiger partial charge in [-0.05, 0) is 30.3 Å². The molecule has 0 aromatic heterocycles. The Morgan fingerprint density at radius 3 is 2.91 bits per heavy atom. The second kappa shape index (κ2) is 7.38. The van der Waals surface area contributed by atoms with Crippen molar-refractivity contribution in [3.8, 4) is 0 Å². The van der Waals surface area contributed by atoms with Gasteiger partial charge in [0.15, 0.2) is 5.17 Å². The molecule has 0 bridgehead atoms. The second-order valence-electron chi connectivity index (χ2n) is 4.33. The van der Waals surface area contributed by atoms with Crippen molar-refractivity contribution in [1.29, 1.82) is 0 Å². The number of hydrogen-bond donors (Lipinski definition) is 1. The van der Waals surface area contributed by atoms with Crippen LogP contribution in [0.5, 0.6) is 0 Å². The summed E-state index contributed by atoms with van der Waals surface area (Å²) in [6, 6.07) is 2.83. The van der Waals surface area contributed by atoms with E-state index in [9.17, 15) is 14.0 Å². The highest BCUT2D eigenvalue weighted by atomic mass is 35.5. The number of carbonyl (C=O) groups excluding carboxylic acids is 2. The fraction of sp³-hybridized carbons (Fsp3) is 0.143. The van der Waals surface area contributed by atoms with Crippen LogP contribution in [0.25, 0.3) is 0 Å². The number of halogens is 2. The van der Waals surface area contributed by atoms with Crippen molar-refractivity contribution in [2.45, 2.75) is 6.92 Å². The van der Waals surface area contributed by atoms with Crippen molar-refractivity contribution in [1.82, 2.24) is 5.32 Å². The molecule has 0 aliphatic carbocycles. The second-order valence-corrected chi connectivity index (χ2v) is 5.74. The van der Waals surface area contributed by atoms with Gasteiger partial charge < -0.3 is 4.74 Å². The minimum Gasteiger partial charge on any atom is -0.466 e. The van der Waals surface area contributed by atoms with Crippen LogP contribution in [0.2, 0.25) is 5.02 Å². The maximum absolute atomic E-state index is 13.7. The number of methoxy groups -OCH3 is 1. The lowest BCUT2D eigenvalue weighted by Gasteiger charge is -2.02. The van der Waals surface area contributed by atoms with E-state index in [0.717, 1.165) is 24.1 Å². The molecule has 9 heteroatoms. The number of esters is 1. The van der Waals surface area contributed by atoms with Crippen LogP contribution in [0, 0.1) is 12.7 Å². The van der Waals surface area contributed by atoms with E-state index in [1.54, 1.807) is 13.0 Å². The molecule has 1 aromatic carbocycles. The summed E-state index contributed by atoms with van der Waals surface area (Å²) in [7, 11) is 1.20. The molecule has 120 valence electrons. The Morgan fingerprint density at radius 1 is 1.48 bits per heavy atom. The Kier molecular flexibility index (Phi) is 5.51. The minimum atomic E-state index is -0.652. The molecule has 1 fully saturated rings. The van der Waals surface area contributed by atoms with Gasteiger partial charge in [-0.15, -0.1) is 5.10 Å². The lowest BCUT2D eigenvalue weighted by molar-refractivity contribution is -0.135. The molecule has 1 aliphatic rings. The van der Waals surface area contributed by atoms with E-state index in [1.807, 2.05) is 0 Å². The van der Waals surface area contributed by atoms with Crippen LogP contribution in [-0.2, 0) is 14.3 Å². The molecular formula is C14H11ClFN3O3S. The van der Waals surface area contributed by atoms with Crippen LogP contribution in [0.4, 0.5) is 4.39 Å². The quantitative estimate of drug-likeness (QED) is 0.391. The highest BCUT2D eigenvalue weighted by Gasteiger charge is 2.25. The number of amidine groups is 1. The SMILES string of the molecule is COC(=O)/C=C1/S/C(=N\N=Cc2c(F)ccc(C)c2Cl)NC1=O. The molecule has 0 atom stereocenters. The molecule has 1 saturated heterocycles. The van der Waals surface area contributed by atoms with E-state index in [2.05, 4.69) is 20.3 Å². The zero-order valence-electron chi connectivity index (χ0n) is 12.1. The third-order valence-corrected chi connectivity index (χ3v) is 4.16. The molecular weight excluding hydrogens is 345 g/mol. The van der Waals surface area contributed by atoms with Gasteiger partial charge in [0, 0.05) is 11.6 Å². The van der Waals surface area contributed by atoms with Crippen molar-refractivity contribution in [3.05, 3.63) is 45.1 Å². The average Bonchev–Trinajstić information content (AvgIpc) is 2.86. The zero-order chi connectivity index (χ0) is 17.0. The van der Waals surface area contributed by atoms with E-state index < -0.39 is 17.7 Å². The highest BCUT2D eigenvalue weighted by Crippen LogP contribution is 2.24.